The summed E-state index contributed by atoms with van der Waals surface area (Å²) in [6, 6.07) is 14.9. The molecule has 1 aromatic heterocycles. The van der Waals surface area contributed by atoms with Crippen LogP contribution in [0.15, 0.2) is 70.9 Å². The van der Waals surface area contributed by atoms with Crippen molar-refractivity contribution in [2.75, 3.05) is 25.6 Å². The van der Waals surface area contributed by atoms with E-state index in [9.17, 15) is 14.7 Å². The van der Waals surface area contributed by atoms with Gasteiger partial charge in [0.2, 0.25) is 0 Å². The molecule has 1 aliphatic rings. The van der Waals surface area contributed by atoms with Crippen molar-refractivity contribution in [3.05, 3.63) is 88.3 Å². The van der Waals surface area contributed by atoms with Crippen LogP contribution in [0.3, 0.4) is 0 Å². The number of hydrogen-bond donors (Lipinski definition) is 1. The van der Waals surface area contributed by atoms with E-state index >= 15 is 0 Å². The van der Waals surface area contributed by atoms with E-state index in [2.05, 4.69) is 0 Å². The Bertz CT molecular complexity index is 1230. The normalized spacial score (nSPS) is 17.3. The summed E-state index contributed by atoms with van der Waals surface area (Å²) in [7, 11) is 3.85. The summed E-state index contributed by atoms with van der Waals surface area (Å²) < 4.78 is 11.0. The van der Waals surface area contributed by atoms with Crippen molar-refractivity contribution >= 4 is 34.7 Å². The molecule has 1 saturated heterocycles. The molecule has 1 aliphatic heterocycles. The highest BCUT2D eigenvalue weighted by atomic mass is 35.5. The number of aliphatic hydroxyl groups excluding tert-OH is 1. The predicted molar refractivity (Wildman–Crippen MR) is 130 cm³/mol. The van der Waals surface area contributed by atoms with Crippen LogP contribution in [-0.2, 0) is 16.1 Å². The molecule has 1 N–H and O–H groups in total. The fraction of sp³-hybridized carbons (Fsp3) is 0.231. The second-order valence-electron chi connectivity index (χ2n) is 8.07. The van der Waals surface area contributed by atoms with Crippen LogP contribution in [0.5, 0.6) is 5.75 Å². The zero-order valence-corrected chi connectivity index (χ0v) is 19.9. The Morgan fingerprint density at radius 2 is 1.88 bits per heavy atom. The van der Waals surface area contributed by atoms with Crippen molar-refractivity contribution in [3.63, 3.8) is 0 Å². The van der Waals surface area contributed by atoms with Gasteiger partial charge in [-0.25, -0.2) is 0 Å². The first-order chi connectivity index (χ1) is 16.3. The molecule has 0 radical (unpaired) electrons. The maximum atomic E-state index is 13.2. The molecule has 7 nitrogen and oxygen atoms in total. The van der Waals surface area contributed by atoms with Crippen LogP contribution in [0.2, 0.25) is 5.02 Å². The van der Waals surface area contributed by atoms with Crippen LogP contribution in [0.25, 0.3) is 5.76 Å². The highest BCUT2D eigenvalue weighted by Gasteiger charge is 2.46. The van der Waals surface area contributed by atoms with Crippen LogP contribution < -0.4 is 9.64 Å². The Morgan fingerprint density at radius 3 is 2.50 bits per heavy atom. The zero-order chi connectivity index (χ0) is 24.4. The van der Waals surface area contributed by atoms with Gasteiger partial charge in [0.25, 0.3) is 11.7 Å². The number of ether oxygens (including phenoxy) is 1. The van der Waals surface area contributed by atoms with Crippen molar-refractivity contribution in [3.8, 4) is 5.75 Å². The lowest BCUT2D eigenvalue weighted by Crippen LogP contribution is -2.29. The lowest BCUT2D eigenvalue weighted by atomic mass is 9.95. The molecular formula is C26H25ClN2O5. The average molecular weight is 481 g/mol. The lowest BCUT2D eigenvalue weighted by Gasteiger charge is -2.25. The number of benzene rings is 2. The topological polar surface area (TPSA) is 83.2 Å². The first-order valence-corrected chi connectivity index (χ1v) is 11.2. The number of likely N-dealkylation sites (tertiary alicyclic amines) is 1. The van der Waals surface area contributed by atoms with Crippen molar-refractivity contribution in [2.24, 2.45) is 0 Å². The number of halogens is 1. The minimum absolute atomic E-state index is 0.000991. The second-order valence-corrected chi connectivity index (χ2v) is 8.48. The average Bonchev–Trinajstić information content (AvgIpc) is 3.43. The predicted octanol–water partition coefficient (Wildman–Crippen LogP) is 5.02. The molecule has 1 atom stereocenters. The summed E-state index contributed by atoms with van der Waals surface area (Å²) in [5.74, 6) is -0.858. The third-order valence-electron chi connectivity index (χ3n) is 5.68. The number of Topliss-reactive ketones (excluding diaryl/α,β-unsaturated/α-hetero) is 1. The molecule has 176 valence electrons. The monoisotopic (exact) mass is 480 g/mol. The number of ketones is 1. The highest BCUT2D eigenvalue weighted by Crippen LogP contribution is 2.41. The van der Waals surface area contributed by atoms with Crippen molar-refractivity contribution < 1.29 is 23.8 Å². The molecule has 3 aromatic rings. The van der Waals surface area contributed by atoms with Gasteiger partial charge in [-0.3, -0.25) is 9.59 Å². The SMILES string of the molecule is CCOc1cc(/C(O)=C2/C(=O)C(=O)N(Cc3ccco3)C2c2ccc(N(C)C)cc2)ccc1Cl. The number of nitrogens with zero attached hydrogens (tertiary/aromatic N) is 2. The van der Waals surface area contributed by atoms with E-state index in [-0.39, 0.29) is 17.9 Å². The van der Waals surface area contributed by atoms with E-state index in [1.165, 1.54) is 11.2 Å². The Hall–Kier alpha value is -3.71. The first kappa shape index (κ1) is 23.4. The molecule has 34 heavy (non-hydrogen) atoms. The maximum Gasteiger partial charge on any atom is 0.296 e. The van der Waals surface area contributed by atoms with Gasteiger partial charge in [0.1, 0.15) is 17.3 Å². The van der Waals surface area contributed by atoms with E-state index in [1.807, 2.05) is 50.2 Å². The number of furan rings is 1. The third kappa shape index (κ3) is 4.39. The molecule has 1 unspecified atom stereocenters. The Kier molecular flexibility index (Phi) is 6.65. The Balaban J connectivity index is 1.85. The summed E-state index contributed by atoms with van der Waals surface area (Å²) in [6.45, 7) is 2.29. The molecule has 0 saturated carbocycles. The van der Waals surface area contributed by atoms with Crippen LogP contribution in [0.4, 0.5) is 5.69 Å². The van der Waals surface area contributed by atoms with Crippen molar-refractivity contribution in [2.45, 2.75) is 19.5 Å². The maximum absolute atomic E-state index is 13.2. The quantitative estimate of drug-likeness (QED) is 0.290. The van der Waals surface area contributed by atoms with Gasteiger partial charge in [0, 0.05) is 25.3 Å². The van der Waals surface area contributed by atoms with Crippen molar-refractivity contribution in [1.82, 2.24) is 4.90 Å². The largest absolute Gasteiger partial charge is 0.507 e. The number of rotatable bonds is 7. The summed E-state index contributed by atoms with van der Waals surface area (Å²) in [5.41, 5.74) is 1.99. The number of aliphatic hydroxyl groups is 1. The van der Waals surface area contributed by atoms with Crippen LogP contribution in [0.1, 0.15) is 29.9 Å². The van der Waals surface area contributed by atoms with Gasteiger partial charge in [-0.2, -0.15) is 0 Å². The molecule has 8 heteroatoms. The van der Waals surface area contributed by atoms with E-state index < -0.39 is 17.7 Å². The summed E-state index contributed by atoms with van der Waals surface area (Å²) >= 11 is 6.19. The Morgan fingerprint density at radius 1 is 1.15 bits per heavy atom. The first-order valence-electron chi connectivity index (χ1n) is 10.8. The van der Waals surface area contributed by atoms with E-state index in [0.29, 0.717) is 34.3 Å². The zero-order valence-electron chi connectivity index (χ0n) is 19.1. The van der Waals surface area contributed by atoms with Gasteiger partial charge < -0.3 is 24.1 Å². The summed E-state index contributed by atoms with van der Waals surface area (Å²) in [6.07, 6.45) is 1.51. The highest BCUT2D eigenvalue weighted by molar-refractivity contribution is 6.46. The third-order valence-corrected chi connectivity index (χ3v) is 5.99. The Labute approximate surface area is 202 Å². The molecule has 4 rings (SSSR count). The number of carbonyl (C=O) groups excluding carboxylic acids is 2. The van der Waals surface area contributed by atoms with Gasteiger partial charge in [-0.05, 0) is 55.0 Å². The van der Waals surface area contributed by atoms with E-state index in [1.54, 1.807) is 30.3 Å². The van der Waals surface area contributed by atoms with Gasteiger partial charge in [0.15, 0.2) is 0 Å². The fourth-order valence-corrected chi connectivity index (χ4v) is 4.16. The summed E-state index contributed by atoms with van der Waals surface area (Å²) in [5, 5.41) is 11.6. The minimum Gasteiger partial charge on any atom is -0.507 e. The molecule has 2 heterocycles. The molecule has 1 amide bonds. The number of amides is 1. The van der Waals surface area contributed by atoms with Crippen LogP contribution in [0, 0.1) is 0 Å². The van der Waals surface area contributed by atoms with E-state index in [4.69, 9.17) is 20.8 Å². The van der Waals surface area contributed by atoms with Gasteiger partial charge in [-0.1, -0.05) is 23.7 Å². The van der Waals surface area contributed by atoms with Gasteiger partial charge in [0.05, 0.1) is 36.1 Å². The van der Waals surface area contributed by atoms with Crippen molar-refractivity contribution in [1.29, 1.82) is 0 Å². The fourth-order valence-electron chi connectivity index (χ4n) is 3.99. The summed E-state index contributed by atoms with van der Waals surface area (Å²) in [4.78, 5) is 29.7. The van der Waals surface area contributed by atoms with Gasteiger partial charge in [-0.15, -0.1) is 0 Å². The molecule has 0 spiro atoms. The van der Waals surface area contributed by atoms with Crippen LogP contribution in [-0.4, -0.2) is 42.4 Å². The number of anilines is 1. The number of hydrogen-bond acceptors (Lipinski definition) is 6. The molecule has 1 fully saturated rings. The molecular weight excluding hydrogens is 456 g/mol. The minimum atomic E-state index is -0.799. The molecule has 0 bridgehead atoms. The van der Waals surface area contributed by atoms with E-state index in [0.717, 1.165) is 5.69 Å². The standard InChI is InChI=1S/C26H25ClN2O5/c1-4-33-21-14-17(9-12-20(21)27)24(30)22-23(16-7-10-18(11-8-16)28(2)3)29(26(32)25(22)31)15-19-6-5-13-34-19/h5-14,23,30H,4,15H2,1-3H3/b24-22-. The smallest absolute Gasteiger partial charge is 0.296 e. The van der Waals surface area contributed by atoms with Gasteiger partial charge >= 0.3 is 0 Å². The molecule has 0 aliphatic carbocycles. The van der Waals surface area contributed by atoms with Crippen LogP contribution >= 0.6 is 11.6 Å². The molecule has 2 aromatic carbocycles. The second kappa shape index (κ2) is 9.65. The number of carbonyl (C=O) groups is 2. The lowest BCUT2D eigenvalue weighted by molar-refractivity contribution is -0.140.